The third kappa shape index (κ3) is 4.44. The zero-order valence-electron chi connectivity index (χ0n) is 20.0. The van der Waals surface area contributed by atoms with Gasteiger partial charge in [-0.15, -0.1) is 0 Å². The fourth-order valence-electron chi connectivity index (χ4n) is 4.29. The van der Waals surface area contributed by atoms with Gasteiger partial charge in [0.1, 0.15) is 5.82 Å². The van der Waals surface area contributed by atoms with Crippen molar-refractivity contribution in [2.24, 2.45) is 5.10 Å². The molecule has 2 aromatic carbocycles. The van der Waals surface area contributed by atoms with Gasteiger partial charge in [-0.25, -0.2) is 4.98 Å². The minimum absolute atomic E-state index is 0.102. The molecule has 5 nitrogen and oxygen atoms in total. The summed E-state index contributed by atoms with van der Waals surface area (Å²) in [6, 6.07) is 14.2. The van der Waals surface area contributed by atoms with Crippen LogP contribution in [0.2, 0.25) is 0 Å². The van der Waals surface area contributed by atoms with E-state index in [1.807, 2.05) is 18.2 Å². The Morgan fingerprint density at radius 3 is 2.42 bits per heavy atom. The summed E-state index contributed by atoms with van der Waals surface area (Å²) in [7, 11) is 0. The Kier molecular flexibility index (Phi) is 6.39. The maximum atomic E-state index is 13.4. The SMILES string of the molecule is CC[C@@H](C)c1nc2ccc(Br)cc2c(=O)n1N=Cc1cc(C)n(-c2cc(C)cc(C)c2)c1C. The predicted octanol–water partition coefficient (Wildman–Crippen LogP) is 6.58. The number of aryl methyl sites for hydroxylation is 3. The van der Waals surface area contributed by atoms with Gasteiger partial charge in [-0.3, -0.25) is 4.79 Å². The highest BCUT2D eigenvalue weighted by Gasteiger charge is 2.16. The molecular formula is C27H29BrN4O. The van der Waals surface area contributed by atoms with Gasteiger partial charge in [0.15, 0.2) is 0 Å². The van der Waals surface area contributed by atoms with Crippen LogP contribution < -0.4 is 5.56 Å². The van der Waals surface area contributed by atoms with Crippen molar-refractivity contribution >= 4 is 33.0 Å². The summed E-state index contributed by atoms with van der Waals surface area (Å²) in [5.74, 6) is 0.780. The standard InChI is InChI=1S/C27H29BrN4O/c1-7-18(4)26-30-25-9-8-22(28)14-24(25)27(33)32(26)29-15-21-13-19(5)31(20(21)6)23-11-16(2)10-17(3)12-23/h8-15,18H,7H2,1-6H3/t18-/m1/s1. The van der Waals surface area contributed by atoms with E-state index in [4.69, 9.17) is 4.98 Å². The highest BCUT2D eigenvalue weighted by Crippen LogP contribution is 2.23. The molecule has 170 valence electrons. The molecule has 2 heterocycles. The van der Waals surface area contributed by atoms with Gasteiger partial charge in [0, 0.05) is 33.0 Å². The Balaban J connectivity index is 1.85. The second kappa shape index (κ2) is 9.10. The Hall–Kier alpha value is -2.99. The second-order valence-corrected chi connectivity index (χ2v) is 9.73. The molecule has 6 heteroatoms. The largest absolute Gasteiger partial charge is 0.318 e. The smallest absolute Gasteiger partial charge is 0.282 e. The molecule has 4 aromatic rings. The third-order valence-electron chi connectivity index (χ3n) is 6.13. The summed E-state index contributed by atoms with van der Waals surface area (Å²) in [6.45, 7) is 12.6. The van der Waals surface area contributed by atoms with Crippen LogP contribution in [0.25, 0.3) is 16.6 Å². The van der Waals surface area contributed by atoms with Gasteiger partial charge in [-0.2, -0.15) is 9.78 Å². The lowest BCUT2D eigenvalue weighted by molar-refractivity contribution is 0.613. The van der Waals surface area contributed by atoms with Crippen LogP contribution in [0, 0.1) is 27.7 Å². The van der Waals surface area contributed by atoms with Gasteiger partial charge < -0.3 is 4.57 Å². The van der Waals surface area contributed by atoms with E-state index in [2.05, 4.69) is 91.4 Å². The minimum Gasteiger partial charge on any atom is -0.318 e. The summed E-state index contributed by atoms with van der Waals surface area (Å²) >= 11 is 3.46. The van der Waals surface area contributed by atoms with Crippen molar-refractivity contribution in [1.29, 1.82) is 0 Å². The summed E-state index contributed by atoms with van der Waals surface area (Å²) in [5, 5.41) is 5.21. The molecule has 1 atom stereocenters. The average Bonchev–Trinajstić information content (AvgIpc) is 3.05. The monoisotopic (exact) mass is 504 g/mol. The van der Waals surface area contributed by atoms with Gasteiger partial charge in [0.25, 0.3) is 5.56 Å². The van der Waals surface area contributed by atoms with Crippen molar-refractivity contribution in [3.63, 3.8) is 0 Å². The Morgan fingerprint density at radius 1 is 1.06 bits per heavy atom. The van der Waals surface area contributed by atoms with Crippen molar-refractivity contribution < 1.29 is 0 Å². The van der Waals surface area contributed by atoms with Crippen molar-refractivity contribution in [2.45, 2.75) is 53.9 Å². The van der Waals surface area contributed by atoms with Crippen LogP contribution >= 0.6 is 15.9 Å². The zero-order chi connectivity index (χ0) is 23.9. The van der Waals surface area contributed by atoms with Crippen molar-refractivity contribution in [1.82, 2.24) is 14.2 Å². The lowest BCUT2D eigenvalue weighted by Crippen LogP contribution is -2.23. The topological polar surface area (TPSA) is 52.2 Å². The maximum absolute atomic E-state index is 13.4. The number of aromatic nitrogens is 3. The minimum atomic E-state index is -0.157. The molecule has 0 saturated heterocycles. The first-order chi connectivity index (χ1) is 15.7. The van der Waals surface area contributed by atoms with Crippen LogP contribution in [0.4, 0.5) is 0 Å². The van der Waals surface area contributed by atoms with Gasteiger partial charge in [0.2, 0.25) is 0 Å². The van der Waals surface area contributed by atoms with E-state index < -0.39 is 0 Å². The van der Waals surface area contributed by atoms with Crippen LogP contribution in [-0.4, -0.2) is 20.4 Å². The Labute approximate surface area is 202 Å². The fraction of sp³-hybridized carbons (Fsp3) is 0.296. The van der Waals surface area contributed by atoms with Gasteiger partial charge in [-0.05, 0) is 81.6 Å². The van der Waals surface area contributed by atoms with Crippen LogP contribution in [0.1, 0.15) is 60.1 Å². The van der Waals surface area contributed by atoms with E-state index in [9.17, 15) is 4.79 Å². The van der Waals surface area contributed by atoms with E-state index >= 15 is 0 Å². The summed E-state index contributed by atoms with van der Waals surface area (Å²) in [6.07, 6.45) is 2.64. The normalized spacial score (nSPS) is 12.7. The van der Waals surface area contributed by atoms with Crippen LogP contribution in [0.5, 0.6) is 0 Å². The number of hydrogen-bond donors (Lipinski definition) is 0. The number of fused-ring (bicyclic) bond motifs is 1. The van der Waals surface area contributed by atoms with E-state index in [1.165, 1.54) is 15.8 Å². The summed E-state index contributed by atoms with van der Waals surface area (Å²) < 4.78 is 4.54. The number of halogens is 1. The molecule has 0 aliphatic rings. The molecular weight excluding hydrogens is 476 g/mol. The molecule has 0 saturated carbocycles. The molecule has 0 aliphatic heterocycles. The molecule has 4 rings (SSSR count). The predicted molar refractivity (Wildman–Crippen MR) is 140 cm³/mol. The highest BCUT2D eigenvalue weighted by molar-refractivity contribution is 9.10. The van der Waals surface area contributed by atoms with Crippen molar-refractivity contribution in [3.05, 3.63) is 91.2 Å². The first-order valence-electron chi connectivity index (χ1n) is 11.2. The Bertz CT molecular complexity index is 1420. The second-order valence-electron chi connectivity index (χ2n) is 8.81. The first kappa shape index (κ1) is 23.2. The molecule has 2 aromatic heterocycles. The molecule has 0 fully saturated rings. The Morgan fingerprint density at radius 2 is 1.76 bits per heavy atom. The van der Waals surface area contributed by atoms with Crippen LogP contribution in [0.3, 0.4) is 0 Å². The van der Waals surface area contributed by atoms with Crippen LogP contribution in [-0.2, 0) is 0 Å². The van der Waals surface area contributed by atoms with E-state index in [-0.39, 0.29) is 11.5 Å². The number of nitrogens with zero attached hydrogens (tertiary/aromatic N) is 4. The average molecular weight is 505 g/mol. The van der Waals surface area contributed by atoms with Gasteiger partial charge in [-0.1, -0.05) is 35.8 Å². The maximum Gasteiger partial charge on any atom is 0.282 e. The quantitative estimate of drug-likeness (QED) is 0.288. The van der Waals surface area contributed by atoms with E-state index in [1.54, 1.807) is 6.21 Å². The zero-order valence-corrected chi connectivity index (χ0v) is 21.6. The number of benzene rings is 2. The number of rotatable bonds is 5. The highest BCUT2D eigenvalue weighted by atomic mass is 79.9. The molecule has 0 bridgehead atoms. The summed E-state index contributed by atoms with van der Waals surface area (Å²) in [5.41, 5.74) is 7.30. The molecule has 0 amide bonds. The molecule has 0 aliphatic carbocycles. The van der Waals surface area contributed by atoms with Gasteiger partial charge >= 0.3 is 0 Å². The lowest BCUT2D eigenvalue weighted by Gasteiger charge is -2.14. The fourth-order valence-corrected chi connectivity index (χ4v) is 4.66. The van der Waals surface area contributed by atoms with Crippen molar-refractivity contribution in [2.75, 3.05) is 0 Å². The van der Waals surface area contributed by atoms with Crippen LogP contribution in [0.15, 0.2) is 56.8 Å². The van der Waals surface area contributed by atoms with Crippen molar-refractivity contribution in [3.8, 4) is 5.69 Å². The van der Waals surface area contributed by atoms with Gasteiger partial charge in [0.05, 0.1) is 17.1 Å². The summed E-state index contributed by atoms with van der Waals surface area (Å²) in [4.78, 5) is 18.2. The molecule has 0 unspecified atom stereocenters. The van der Waals surface area contributed by atoms with E-state index in [0.717, 1.165) is 33.5 Å². The molecule has 0 spiro atoms. The first-order valence-corrected chi connectivity index (χ1v) is 12.0. The molecule has 0 N–H and O–H groups in total. The third-order valence-corrected chi connectivity index (χ3v) is 6.63. The molecule has 33 heavy (non-hydrogen) atoms. The van der Waals surface area contributed by atoms with E-state index in [0.29, 0.717) is 16.7 Å². The lowest BCUT2D eigenvalue weighted by atomic mass is 10.1. The number of hydrogen-bond acceptors (Lipinski definition) is 3. The molecule has 0 radical (unpaired) electrons.